The Kier molecular flexibility index (Phi) is 57.0. The maximum absolute atomic E-state index is 12.8. The van der Waals surface area contributed by atoms with Gasteiger partial charge in [0, 0.05) is 19.3 Å². The molecule has 0 aliphatic rings. The summed E-state index contributed by atoms with van der Waals surface area (Å²) in [5.74, 6) is -1.07. The summed E-state index contributed by atoms with van der Waals surface area (Å²) in [7, 11) is 0. The highest BCUT2D eigenvalue weighted by molar-refractivity contribution is 5.71. The van der Waals surface area contributed by atoms with E-state index < -0.39 is 12.1 Å². The van der Waals surface area contributed by atoms with Gasteiger partial charge in [-0.15, -0.1) is 0 Å². The van der Waals surface area contributed by atoms with Gasteiger partial charge in [-0.05, 0) is 122 Å². The summed E-state index contributed by atoms with van der Waals surface area (Å²) < 4.78 is 16.7. The topological polar surface area (TPSA) is 78.9 Å². The normalized spacial score (nSPS) is 13.4. The number of rotatable bonds is 51. The first-order valence-corrected chi connectivity index (χ1v) is 29.6. The molecule has 0 aromatic rings. The molecule has 0 fully saturated rings. The molecule has 0 radical (unpaired) electrons. The predicted molar refractivity (Wildman–Crippen MR) is 325 cm³/mol. The Bertz CT molecular complexity index is 1750. The SMILES string of the molecule is CC/C=C\C/C=C\C/C=C\C/C=C\C/C=C\C/C=C\C/C=C\C/C=C\CCCCC(=O)OCC(COC(=O)CCCCCCCCCCCCC)OC(=O)CC/C=C\C/C=C\C/C=C\C/C=C\C/C=C\C/C=C\CC. The van der Waals surface area contributed by atoms with Crippen molar-refractivity contribution in [2.75, 3.05) is 13.2 Å². The van der Waals surface area contributed by atoms with Gasteiger partial charge in [-0.1, -0.05) is 255 Å². The summed E-state index contributed by atoms with van der Waals surface area (Å²) >= 11 is 0. The number of carbonyl (C=O) groups is 3. The van der Waals surface area contributed by atoms with Gasteiger partial charge in [-0.3, -0.25) is 14.4 Å². The minimum Gasteiger partial charge on any atom is -0.462 e. The van der Waals surface area contributed by atoms with Gasteiger partial charge < -0.3 is 14.2 Å². The number of ether oxygens (including phenoxy) is 3. The molecule has 0 aromatic heterocycles. The van der Waals surface area contributed by atoms with E-state index in [0.29, 0.717) is 19.3 Å². The summed E-state index contributed by atoms with van der Waals surface area (Å²) in [6.45, 7) is 6.29. The third kappa shape index (κ3) is 59.5. The molecule has 0 amide bonds. The monoisotopic (exact) mass is 1030 g/mol. The van der Waals surface area contributed by atoms with Crippen LogP contribution >= 0.6 is 0 Å². The molecule has 6 heteroatoms. The largest absolute Gasteiger partial charge is 0.462 e. The van der Waals surface area contributed by atoms with Crippen molar-refractivity contribution in [3.05, 3.63) is 170 Å². The summed E-state index contributed by atoms with van der Waals surface area (Å²) in [4.78, 5) is 38.1. The molecule has 0 aliphatic heterocycles. The zero-order chi connectivity index (χ0) is 54.3. The molecule has 75 heavy (non-hydrogen) atoms. The maximum atomic E-state index is 12.8. The van der Waals surface area contributed by atoms with Gasteiger partial charge in [0.1, 0.15) is 13.2 Å². The third-order valence-electron chi connectivity index (χ3n) is 11.7. The molecular formula is C69H106O6. The summed E-state index contributed by atoms with van der Waals surface area (Å²) in [5, 5.41) is 0. The Balaban J connectivity index is 4.53. The van der Waals surface area contributed by atoms with Crippen LogP contribution in [0.5, 0.6) is 0 Å². The molecule has 0 heterocycles. The van der Waals surface area contributed by atoms with Crippen LogP contribution in [0.2, 0.25) is 0 Å². The summed E-state index contributed by atoms with van der Waals surface area (Å²) in [5.41, 5.74) is 0. The van der Waals surface area contributed by atoms with E-state index in [1.54, 1.807) is 0 Å². The second-order valence-corrected chi connectivity index (χ2v) is 18.8. The molecule has 0 aliphatic carbocycles. The van der Waals surface area contributed by atoms with Crippen LogP contribution in [0.15, 0.2) is 170 Å². The van der Waals surface area contributed by atoms with Gasteiger partial charge in [0.2, 0.25) is 0 Å². The van der Waals surface area contributed by atoms with Crippen LogP contribution in [0, 0.1) is 0 Å². The van der Waals surface area contributed by atoms with E-state index in [0.717, 1.165) is 122 Å². The number of hydrogen-bond donors (Lipinski definition) is 0. The molecule has 0 spiro atoms. The van der Waals surface area contributed by atoms with Crippen molar-refractivity contribution in [3.8, 4) is 0 Å². The van der Waals surface area contributed by atoms with E-state index in [4.69, 9.17) is 14.2 Å². The molecule has 0 rings (SSSR count). The van der Waals surface area contributed by atoms with E-state index in [9.17, 15) is 14.4 Å². The van der Waals surface area contributed by atoms with Gasteiger partial charge in [-0.25, -0.2) is 0 Å². The lowest BCUT2D eigenvalue weighted by molar-refractivity contribution is -0.166. The molecule has 418 valence electrons. The molecule has 0 bridgehead atoms. The van der Waals surface area contributed by atoms with Gasteiger partial charge in [0.05, 0.1) is 0 Å². The van der Waals surface area contributed by atoms with Crippen LogP contribution < -0.4 is 0 Å². The predicted octanol–water partition coefficient (Wildman–Crippen LogP) is 20.3. The Morgan fingerprint density at radius 1 is 0.280 bits per heavy atom. The van der Waals surface area contributed by atoms with Gasteiger partial charge in [-0.2, -0.15) is 0 Å². The van der Waals surface area contributed by atoms with E-state index >= 15 is 0 Å². The molecule has 1 unspecified atom stereocenters. The van der Waals surface area contributed by atoms with Crippen molar-refractivity contribution < 1.29 is 28.6 Å². The Labute approximate surface area is 460 Å². The summed E-state index contributed by atoms with van der Waals surface area (Å²) in [6, 6.07) is 0. The molecule has 0 aromatic carbocycles. The number of esters is 3. The highest BCUT2D eigenvalue weighted by atomic mass is 16.6. The highest BCUT2D eigenvalue weighted by Crippen LogP contribution is 2.13. The Morgan fingerprint density at radius 3 is 0.867 bits per heavy atom. The quantitative estimate of drug-likeness (QED) is 0.0261. The van der Waals surface area contributed by atoms with E-state index in [1.165, 1.54) is 51.4 Å². The van der Waals surface area contributed by atoms with E-state index in [-0.39, 0.29) is 38.0 Å². The highest BCUT2D eigenvalue weighted by Gasteiger charge is 2.19. The van der Waals surface area contributed by atoms with Gasteiger partial charge in [0.25, 0.3) is 0 Å². The number of carbonyl (C=O) groups excluding carboxylic acids is 3. The fourth-order valence-electron chi connectivity index (χ4n) is 7.36. The van der Waals surface area contributed by atoms with Crippen molar-refractivity contribution in [2.45, 2.75) is 232 Å². The molecular weight excluding hydrogens is 925 g/mol. The minimum atomic E-state index is -0.844. The van der Waals surface area contributed by atoms with Crippen molar-refractivity contribution in [1.29, 1.82) is 0 Å². The van der Waals surface area contributed by atoms with Crippen molar-refractivity contribution in [2.24, 2.45) is 0 Å². The van der Waals surface area contributed by atoms with Crippen LogP contribution in [0.4, 0.5) is 0 Å². The average molecular weight is 1030 g/mol. The zero-order valence-electron chi connectivity index (χ0n) is 47.7. The van der Waals surface area contributed by atoms with Crippen LogP contribution in [0.3, 0.4) is 0 Å². The van der Waals surface area contributed by atoms with Crippen LogP contribution in [0.1, 0.15) is 226 Å². The average Bonchev–Trinajstić information content (AvgIpc) is 3.41. The molecule has 6 nitrogen and oxygen atoms in total. The van der Waals surface area contributed by atoms with E-state index in [2.05, 4.69) is 179 Å². The second kappa shape index (κ2) is 61.3. The standard InChI is InChI=1S/C69H106O6/c1-4-7-10-13-16-19-22-24-26-28-30-31-32-33-34-35-36-37-39-40-42-44-47-50-53-56-59-62-68(71)74-65-66(64-73-67(70)61-58-55-52-49-46-21-18-15-12-9-6-3)75-69(72)63-60-57-54-51-48-45-43-41-38-29-27-25-23-20-17-14-11-8-5-2/h7-8,10-11,16-17,19-20,24-27,30-31,33-34,36-38,40-42,45,47-48,50,54,57,66H,4-6,9,12-15,18,21-23,28-29,32,35,39,43-44,46,49,51-53,55-56,58-65H2,1-3H3/b10-7-,11-8-,19-16-,20-17-,26-24-,27-25-,31-30-,34-33-,37-36-,41-38-,42-40-,48-45-,50-47-,57-54-. The molecule has 0 N–H and O–H groups in total. The number of hydrogen-bond acceptors (Lipinski definition) is 6. The maximum Gasteiger partial charge on any atom is 0.306 e. The molecule has 0 saturated heterocycles. The minimum absolute atomic E-state index is 0.129. The molecule has 1 atom stereocenters. The van der Waals surface area contributed by atoms with Crippen LogP contribution in [-0.4, -0.2) is 37.2 Å². The van der Waals surface area contributed by atoms with Crippen molar-refractivity contribution >= 4 is 17.9 Å². The first-order chi connectivity index (χ1) is 37.0. The van der Waals surface area contributed by atoms with Crippen molar-refractivity contribution in [3.63, 3.8) is 0 Å². The smallest absolute Gasteiger partial charge is 0.306 e. The fraction of sp³-hybridized carbons (Fsp3) is 0.551. The van der Waals surface area contributed by atoms with Crippen molar-refractivity contribution in [1.82, 2.24) is 0 Å². The Hall–Kier alpha value is -5.23. The fourth-order valence-corrected chi connectivity index (χ4v) is 7.36. The molecule has 0 saturated carbocycles. The Morgan fingerprint density at radius 2 is 0.547 bits per heavy atom. The van der Waals surface area contributed by atoms with Crippen LogP contribution in [-0.2, 0) is 28.6 Å². The lowest BCUT2D eigenvalue weighted by Crippen LogP contribution is -2.30. The van der Waals surface area contributed by atoms with Crippen LogP contribution in [0.25, 0.3) is 0 Å². The second-order valence-electron chi connectivity index (χ2n) is 18.8. The van der Waals surface area contributed by atoms with Gasteiger partial charge >= 0.3 is 17.9 Å². The zero-order valence-corrected chi connectivity index (χ0v) is 47.7. The number of unbranched alkanes of at least 4 members (excludes halogenated alkanes) is 12. The first-order valence-electron chi connectivity index (χ1n) is 29.6. The lowest BCUT2D eigenvalue weighted by atomic mass is 10.1. The van der Waals surface area contributed by atoms with E-state index in [1.807, 2.05) is 12.2 Å². The first kappa shape index (κ1) is 69.8. The number of allylic oxidation sites excluding steroid dienone is 28. The third-order valence-corrected chi connectivity index (χ3v) is 11.7. The summed E-state index contributed by atoms with van der Waals surface area (Å²) in [6.07, 6.45) is 90.8. The lowest BCUT2D eigenvalue weighted by Gasteiger charge is -2.18. The van der Waals surface area contributed by atoms with Gasteiger partial charge in [0.15, 0.2) is 6.10 Å².